The largest absolute Gasteiger partial charge is 0.0773 e. The van der Waals surface area contributed by atoms with Crippen LogP contribution in [0, 0.1) is 18.8 Å². The van der Waals surface area contributed by atoms with Crippen LogP contribution in [0.1, 0.15) is 20.3 Å². The van der Waals surface area contributed by atoms with Crippen LogP contribution in [0.3, 0.4) is 0 Å². The van der Waals surface area contributed by atoms with Crippen LogP contribution in [0.2, 0.25) is 0 Å². The van der Waals surface area contributed by atoms with E-state index in [1.165, 1.54) is 27.9 Å². The molecule has 3 aliphatic rings. The number of hydrogen-bond acceptors (Lipinski definition) is 0. The molecule has 0 spiro atoms. The molecule has 1 atom stereocenters. The Morgan fingerprint density at radius 2 is 2.12 bits per heavy atom. The summed E-state index contributed by atoms with van der Waals surface area (Å²) in [6, 6.07) is 0. The lowest BCUT2D eigenvalue weighted by Crippen LogP contribution is -2.12. The van der Waals surface area contributed by atoms with Gasteiger partial charge < -0.3 is 0 Å². The summed E-state index contributed by atoms with van der Waals surface area (Å²) in [6.07, 6.45) is 17.0. The second-order valence-electron chi connectivity index (χ2n) is 4.88. The molecular formula is C16H16. The van der Waals surface area contributed by atoms with Crippen LogP contribution in [0.15, 0.2) is 58.2 Å². The Balaban J connectivity index is 1.99. The highest BCUT2D eigenvalue weighted by molar-refractivity contribution is 5.62. The van der Waals surface area contributed by atoms with E-state index in [0.29, 0.717) is 5.92 Å². The Labute approximate surface area is 97.7 Å². The average Bonchev–Trinajstić information content (AvgIpc) is 2.28. The van der Waals surface area contributed by atoms with Crippen molar-refractivity contribution in [2.45, 2.75) is 20.3 Å². The van der Waals surface area contributed by atoms with Crippen molar-refractivity contribution in [1.82, 2.24) is 0 Å². The molecule has 2 radical (unpaired) electrons. The zero-order valence-corrected chi connectivity index (χ0v) is 9.83. The maximum atomic E-state index is 2.39. The molecule has 0 aromatic rings. The molecule has 1 unspecified atom stereocenters. The predicted octanol–water partition coefficient (Wildman–Crippen LogP) is 4.11. The lowest BCUT2D eigenvalue weighted by molar-refractivity contribution is 0.851. The average molecular weight is 208 g/mol. The molecule has 0 aliphatic heterocycles. The quantitative estimate of drug-likeness (QED) is 0.562. The maximum absolute atomic E-state index is 2.39. The van der Waals surface area contributed by atoms with E-state index in [2.05, 4.69) is 57.1 Å². The lowest BCUT2D eigenvalue weighted by atomic mass is 9.76. The molecule has 16 heavy (non-hydrogen) atoms. The van der Waals surface area contributed by atoms with Crippen molar-refractivity contribution in [3.8, 4) is 0 Å². The van der Waals surface area contributed by atoms with E-state index in [4.69, 9.17) is 0 Å². The molecule has 0 saturated carbocycles. The standard InChI is InChI=1S/C16H16/c1-11-6-7-13-9-14-5-3-4-12(2)16(14)10-15(13)8-11/h3-7,9-10,12H,8H2,1-2H3. The molecule has 0 bridgehead atoms. The summed E-state index contributed by atoms with van der Waals surface area (Å²) in [5.41, 5.74) is 7.19. The van der Waals surface area contributed by atoms with Gasteiger partial charge in [-0.3, -0.25) is 0 Å². The van der Waals surface area contributed by atoms with E-state index in [1.807, 2.05) is 0 Å². The van der Waals surface area contributed by atoms with Gasteiger partial charge in [-0.05, 0) is 36.0 Å². The summed E-state index contributed by atoms with van der Waals surface area (Å²) in [7, 11) is 0. The van der Waals surface area contributed by atoms with Crippen LogP contribution in [0.5, 0.6) is 0 Å². The van der Waals surface area contributed by atoms with Gasteiger partial charge in [0.2, 0.25) is 0 Å². The second-order valence-corrected chi connectivity index (χ2v) is 4.88. The second kappa shape index (κ2) is 3.62. The van der Waals surface area contributed by atoms with Gasteiger partial charge in [-0.1, -0.05) is 48.5 Å². The van der Waals surface area contributed by atoms with Crippen molar-refractivity contribution in [3.05, 3.63) is 71.1 Å². The van der Waals surface area contributed by atoms with Crippen LogP contribution in [-0.4, -0.2) is 0 Å². The van der Waals surface area contributed by atoms with Gasteiger partial charge in [-0.2, -0.15) is 0 Å². The number of fused-ring (bicyclic) bond motifs is 1. The van der Waals surface area contributed by atoms with E-state index in [-0.39, 0.29) is 0 Å². The molecule has 0 heterocycles. The van der Waals surface area contributed by atoms with Crippen LogP contribution in [-0.2, 0) is 0 Å². The summed E-state index contributed by atoms with van der Waals surface area (Å²) in [5.74, 6) is 0.552. The molecule has 3 rings (SSSR count). The van der Waals surface area contributed by atoms with Gasteiger partial charge in [-0.15, -0.1) is 0 Å². The van der Waals surface area contributed by atoms with Gasteiger partial charge in [0, 0.05) is 12.8 Å². The molecule has 0 aromatic carbocycles. The summed E-state index contributed by atoms with van der Waals surface area (Å²) in [4.78, 5) is 0. The molecule has 0 aromatic heterocycles. The molecule has 0 saturated heterocycles. The minimum Gasteiger partial charge on any atom is -0.0773 e. The molecular weight excluding hydrogens is 192 g/mol. The summed E-state index contributed by atoms with van der Waals surface area (Å²) in [5, 5.41) is 0. The van der Waals surface area contributed by atoms with Crippen LogP contribution in [0.4, 0.5) is 0 Å². The van der Waals surface area contributed by atoms with E-state index in [9.17, 15) is 0 Å². The van der Waals surface area contributed by atoms with Crippen molar-refractivity contribution in [2.24, 2.45) is 5.92 Å². The van der Waals surface area contributed by atoms with Crippen molar-refractivity contribution >= 4 is 0 Å². The Morgan fingerprint density at radius 1 is 1.25 bits per heavy atom. The third-order valence-corrected chi connectivity index (χ3v) is 3.53. The number of hydrogen-bond donors (Lipinski definition) is 0. The van der Waals surface area contributed by atoms with Crippen molar-refractivity contribution in [1.29, 1.82) is 0 Å². The highest BCUT2D eigenvalue weighted by atomic mass is 14.3. The smallest absolute Gasteiger partial charge is 0.0170 e. The molecule has 0 heteroatoms. The molecule has 80 valence electrons. The summed E-state index contributed by atoms with van der Waals surface area (Å²) in [6.45, 7) is 4.47. The summed E-state index contributed by atoms with van der Waals surface area (Å²) >= 11 is 0. The van der Waals surface area contributed by atoms with Gasteiger partial charge in [-0.25, -0.2) is 0 Å². The zero-order chi connectivity index (χ0) is 11.1. The Morgan fingerprint density at radius 3 is 3.00 bits per heavy atom. The van der Waals surface area contributed by atoms with Crippen molar-refractivity contribution in [2.75, 3.05) is 0 Å². The minimum absolute atomic E-state index is 0.552. The first kappa shape index (κ1) is 9.89. The molecule has 0 fully saturated rings. The minimum atomic E-state index is 0.552. The first-order valence-electron chi connectivity index (χ1n) is 5.93. The lowest BCUT2D eigenvalue weighted by Gasteiger charge is -2.28. The zero-order valence-electron chi connectivity index (χ0n) is 9.83. The van der Waals surface area contributed by atoms with Gasteiger partial charge in [0.05, 0.1) is 0 Å². The normalized spacial score (nSPS) is 27.9. The monoisotopic (exact) mass is 208 g/mol. The van der Waals surface area contributed by atoms with Crippen LogP contribution < -0.4 is 0 Å². The maximum Gasteiger partial charge on any atom is 0.0170 e. The van der Waals surface area contributed by atoms with Gasteiger partial charge in [0.1, 0.15) is 0 Å². The van der Waals surface area contributed by atoms with Gasteiger partial charge in [0.15, 0.2) is 0 Å². The van der Waals surface area contributed by atoms with Gasteiger partial charge >= 0.3 is 0 Å². The molecule has 3 aliphatic carbocycles. The third kappa shape index (κ3) is 1.53. The SMILES string of the molecule is CC1=C[CH]C2=C(C=C3C(=CC=CC3C)[CH]2)C1. The highest BCUT2D eigenvalue weighted by Gasteiger charge is 2.23. The van der Waals surface area contributed by atoms with E-state index in [1.54, 1.807) is 0 Å². The molecule has 0 N–H and O–H groups in total. The fourth-order valence-corrected chi connectivity index (χ4v) is 2.57. The van der Waals surface area contributed by atoms with E-state index < -0.39 is 0 Å². The predicted molar refractivity (Wildman–Crippen MR) is 68.5 cm³/mol. The highest BCUT2D eigenvalue weighted by Crippen LogP contribution is 2.39. The topological polar surface area (TPSA) is 0 Å². The van der Waals surface area contributed by atoms with Gasteiger partial charge in [0.25, 0.3) is 0 Å². The first-order chi connectivity index (χ1) is 7.74. The third-order valence-electron chi connectivity index (χ3n) is 3.53. The Hall–Kier alpha value is -1.30. The van der Waals surface area contributed by atoms with E-state index in [0.717, 1.165) is 6.42 Å². The Bertz CT molecular complexity index is 478. The molecule has 0 amide bonds. The van der Waals surface area contributed by atoms with Crippen molar-refractivity contribution < 1.29 is 0 Å². The Kier molecular flexibility index (Phi) is 2.24. The fourth-order valence-electron chi connectivity index (χ4n) is 2.57. The summed E-state index contributed by atoms with van der Waals surface area (Å²) < 4.78 is 0. The van der Waals surface area contributed by atoms with Crippen LogP contribution >= 0.6 is 0 Å². The number of allylic oxidation sites excluding steroid dienone is 10. The first-order valence-corrected chi connectivity index (χ1v) is 5.93. The number of rotatable bonds is 0. The molecule has 0 nitrogen and oxygen atoms in total. The van der Waals surface area contributed by atoms with Crippen LogP contribution in [0.25, 0.3) is 0 Å². The van der Waals surface area contributed by atoms with Crippen molar-refractivity contribution in [3.63, 3.8) is 0 Å². The van der Waals surface area contributed by atoms with E-state index >= 15 is 0 Å². The fraction of sp³-hybridized carbons (Fsp3) is 0.250.